The van der Waals surface area contributed by atoms with Gasteiger partial charge in [0.1, 0.15) is 11.5 Å². The normalized spacial score (nSPS) is 15.8. The fourth-order valence-corrected chi connectivity index (χ4v) is 4.26. The zero-order chi connectivity index (χ0) is 20.8. The molecule has 0 radical (unpaired) electrons. The van der Waals surface area contributed by atoms with E-state index in [4.69, 9.17) is 9.47 Å². The van der Waals surface area contributed by atoms with Gasteiger partial charge in [-0.05, 0) is 47.4 Å². The summed E-state index contributed by atoms with van der Waals surface area (Å²) in [7, 11) is 3.42. The van der Waals surface area contributed by atoms with Crippen molar-refractivity contribution in [1.29, 1.82) is 0 Å². The van der Waals surface area contributed by atoms with Crippen LogP contribution in [0, 0.1) is 0 Å². The Morgan fingerprint density at radius 2 is 1.13 bits per heavy atom. The molecular weight excluding hydrogens is 372 g/mol. The predicted molar refractivity (Wildman–Crippen MR) is 121 cm³/mol. The number of ether oxygens (including phenoxy) is 2. The Kier molecular flexibility index (Phi) is 6.67. The van der Waals surface area contributed by atoms with Crippen LogP contribution in [0.4, 0.5) is 0 Å². The van der Waals surface area contributed by atoms with Crippen molar-refractivity contribution in [2.45, 2.75) is 25.7 Å². The van der Waals surface area contributed by atoms with E-state index < -0.39 is 0 Å². The van der Waals surface area contributed by atoms with E-state index in [2.05, 4.69) is 64.4 Å². The summed E-state index contributed by atoms with van der Waals surface area (Å²) in [6, 6.07) is 27.7. The molecule has 1 aliphatic heterocycles. The number of hydrogen-bond acceptors (Lipinski definition) is 4. The lowest BCUT2D eigenvalue weighted by Crippen LogP contribution is -2.46. The predicted octanol–water partition coefficient (Wildman–Crippen LogP) is 5.11. The van der Waals surface area contributed by atoms with Crippen LogP contribution in [0.3, 0.4) is 0 Å². The van der Waals surface area contributed by atoms with E-state index in [1.165, 1.54) is 16.7 Å². The molecule has 4 heteroatoms. The molecule has 0 N–H and O–H groups in total. The van der Waals surface area contributed by atoms with Gasteiger partial charge in [0, 0.05) is 26.2 Å². The Morgan fingerprint density at radius 1 is 0.667 bits per heavy atom. The highest BCUT2D eigenvalue weighted by atomic mass is 16.5. The van der Waals surface area contributed by atoms with Gasteiger partial charge in [-0.3, -0.25) is 9.80 Å². The molecule has 0 spiro atoms. The Morgan fingerprint density at radius 3 is 1.57 bits per heavy atom. The summed E-state index contributed by atoms with van der Waals surface area (Å²) in [6.45, 7) is 4.01. The zero-order valence-corrected chi connectivity index (χ0v) is 17.8. The highest BCUT2D eigenvalue weighted by Gasteiger charge is 2.30. The topological polar surface area (TPSA) is 24.9 Å². The molecule has 30 heavy (non-hydrogen) atoms. The Balaban J connectivity index is 1.58. The lowest BCUT2D eigenvalue weighted by atomic mass is 10.0. The second-order valence-corrected chi connectivity index (χ2v) is 7.78. The van der Waals surface area contributed by atoms with Gasteiger partial charge in [0.25, 0.3) is 0 Å². The average Bonchev–Trinajstić information content (AvgIpc) is 2.81. The molecule has 1 aliphatic rings. The molecule has 1 heterocycles. The van der Waals surface area contributed by atoms with Crippen molar-refractivity contribution >= 4 is 0 Å². The van der Waals surface area contributed by atoms with Crippen LogP contribution in [0.25, 0.3) is 0 Å². The number of benzene rings is 3. The van der Waals surface area contributed by atoms with Gasteiger partial charge in [0.15, 0.2) is 0 Å². The maximum atomic E-state index is 5.32. The minimum atomic E-state index is 0.254. The second-order valence-electron chi connectivity index (χ2n) is 7.78. The van der Waals surface area contributed by atoms with Gasteiger partial charge in [-0.1, -0.05) is 54.6 Å². The number of hydrogen-bond donors (Lipinski definition) is 0. The van der Waals surface area contributed by atoms with Gasteiger partial charge in [0.05, 0.1) is 20.4 Å². The van der Waals surface area contributed by atoms with Crippen molar-refractivity contribution in [3.8, 4) is 11.5 Å². The van der Waals surface area contributed by atoms with Crippen LogP contribution in [-0.4, -0.2) is 37.1 Å². The number of methoxy groups -OCH3 is 2. The van der Waals surface area contributed by atoms with E-state index in [-0.39, 0.29) is 6.17 Å². The minimum Gasteiger partial charge on any atom is -0.497 e. The van der Waals surface area contributed by atoms with Crippen LogP contribution in [0.5, 0.6) is 11.5 Å². The van der Waals surface area contributed by atoms with Gasteiger partial charge in [-0.15, -0.1) is 0 Å². The largest absolute Gasteiger partial charge is 0.497 e. The smallest absolute Gasteiger partial charge is 0.118 e. The van der Waals surface area contributed by atoms with Crippen LogP contribution < -0.4 is 9.47 Å². The Bertz CT molecular complexity index is 853. The van der Waals surface area contributed by atoms with Crippen LogP contribution in [0.2, 0.25) is 0 Å². The summed E-state index contributed by atoms with van der Waals surface area (Å²) < 4.78 is 10.6. The van der Waals surface area contributed by atoms with Gasteiger partial charge in [0.2, 0.25) is 0 Å². The molecule has 0 atom stereocenters. The Labute approximate surface area is 179 Å². The maximum Gasteiger partial charge on any atom is 0.118 e. The Hall–Kier alpha value is -2.82. The van der Waals surface area contributed by atoms with Gasteiger partial charge in [-0.25, -0.2) is 0 Å². The van der Waals surface area contributed by atoms with Crippen LogP contribution in [0.1, 0.15) is 29.3 Å². The van der Waals surface area contributed by atoms with Crippen molar-refractivity contribution < 1.29 is 9.47 Å². The molecule has 3 aromatic rings. The molecule has 156 valence electrons. The first-order chi connectivity index (χ1) is 14.8. The van der Waals surface area contributed by atoms with Crippen molar-refractivity contribution in [3.05, 3.63) is 95.6 Å². The quantitative estimate of drug-likeness (QED) is 0.548. The molecule has 3 aromatic carbocycles. The fraction of sp³-hybridized carbons (Fsp3) is 0.308. The van der Waals surface area contributed by atoms with Gasteiger partial charge < -0.3 is 9.47 Å². The zero-order valence-electron chi connectivity index (χ0n) is 17.8. The van der Waals surface area contributed by atoms with Crippen molar-refractivity contribution in [1.82, 2.24) is 9.80 Å². The monoisotopic (exact) mass is 402 g/mol. The highest BCUT2D eigenvalue weighted by Crippen LogP contribution is 2.32. The summed E-state index contributed by atoms with van der Waals surface area (Å²) in [5.41, 5.74) is 3.96. The molecule has 4 nitrogen and oxygen atoms in total. The average molecular weight is 403 g/mol. The SMILES string of the molecule is COc1ccc(CN2CCCN(Cc3ccc(OC)cc3)C2c2ccccc2)cc1. The van der Waals surface area contributed by atoms with Crippen molar-refractivity contribution in [2.24, 2.45) is 0 Å². The molecule has 0 aromatic heterocycles. The minimum absolute atomic E-state index is 0.254. The molecule has 1 saturated heterocycles. The van der Waals surface area contributed by atoms with E-state index in [0.29, 0.717) is 0 Å². The summed E-state index contributed by atoms with van der Waals surface area (Å²) in [6.07, 6.45) is 1.42. The first kappa shape index (κ1) is 20.5. The maximum absolute atomic E-state index is 5.32. The van der Waals surface area contributed by atoms with E-state index in [1.54, 1.807) is 14.2 Å². The lowest BCUT2D eigenvalue weighted by Gasteiger charge is -2.44. The van der Waals surface area contributed by atoms with Crippen LogP contribution in [-0.2, 0) is 13.1 Å². The third-order valence-corrected chi connectivity index (χ3v) is 5.77. The van der Waals surface area contributed by atoms with Gasteiger partial charge >= 0.3 is 0 Å². The second kappa shape index (κ2) is 9.79. The first-order valence-electron chi connectivity index (χ1n) is 10.6. The molecule has 4 rings (SSSR count). The summed E-state index contributed by atoms with van der Waals surface area (Å²) in [5, 5.41) is 0. The molecule has 0 saturated carbocycles. The van der Waals surface area contributed by atoms with E-state index in [1.807, 2.05) is 24.3 Å². The third kappa shape index (κ3) is 4.84. The van der Waals surface area contributed by atoms with E-state index >= 15 is 0 Å². The van der Waals surface area contributed by atoms with E-state index in [9.17, 15) is 0 Å². The van der Waals surface area contributed by atoms with Gasteiger partial charge in [-0.2, -0.15) is 0 Å². The molecule has 0 amide bonds. The van der Waals surface area contributed by atoms with E-state index in [0.717, 1.165) is 44.1 Å². The highest BCUT2D eigenvalue weighted by molar-refractivity contribution is 5.29. The molecule has 0 bridgehead atoms. The fourth-order valence-electron chi connectivity index (χ4n) is 4.26. The molecule has 0 aliphatic carbocycles. The number of nitrogens with zero attached hydrogens (tertiary/aromatic N) is 2. The lowest BCUT2D eigenvalue weighted by molar-refractivity contribution is -0.00909. The molecule has 0 unspecified atom stereocenters. The van der Waals surface area contributed by atoms with Crippen molar-refractivity contribution in [2.75, 3.05) is 27.3 Å². The molecule has 1 fully saturated rings. The summed E-state index contributed by atoms with van der Waals surface area (Å²) >= 11 is 0. The summed E-state index contributed by atoms with van der Waals surface area (Å²) in [5.74, 6) is 1.80. The van der Waals surface area contributed by atoms with Crippen LogP contribution >= 0.6 is 0 Å². The van der Waals surface area contributed by atoms with Crippen molar-refractivity contribution in [3.63, 3.8) is 0 Å². The third-order valence-electron chi connectivity index (χ3n) is 5.77. The summed E-state index contributed by atoms with van der Waals surface area (Å²) in [4.78, 5) is 5.17. The number of rotatable bonds is 7. The first-order valence-corrected chi connectivity index (χ1v) is 10.6. The molecular formula is C26H30N2O2. The standard InChI is InChI=1S/C26H30N2O2/c1-29-24-13-9-21(10-14-24)19-27-17-6-18-28(26(27)23-7-4-3-5-8-23)20-22-11-15-25(30-2)16-12-22/h3-5,7-16,26H,6,17-20H2,1-2H3. The van der Waals surface area contributed by atoms with Crippen LogP contribution in [0.15, 0.2) is 78.9 Å².